The lowest BCUT2D eigenvalue weighted by Gasteiger charge is -2.14. The average Bonchev–Trinajstić information content (AvgIpc) is 2.10. The molecule has 1 nitrogen and oxygen atoms in total. The molecule has 0 saturated carbocycles. The molecular weight excluding hydrogens is 184 g/mol. The Balaban J connectivity index is 3.19. The van der Waals surface area contributed by atoms with Gasteiger partial charge in [-0.3, -0.25) is 0 Å². The van der Waals surface area contributed by atoms with E-state index in [0.717, 1.165) is 5.75 Å². The van der Waals surface area contributed by atoms with Crippen LogP contribution in [0.1, 0.15) is 39.5 Å². The first-order chi connectivity index (χ1) is 5.85. The molecule has 0 aromatic rings. The second kappa shape index (κ2) is 9.61. The van der Waals surface area contributed by atoms with Gasteiger partial charge in [0.05, 0.1) is 0 Å². The summed E-state index contributed by atoms with van der Waals surface area (Å²) in [5.74, 6) is 1.01. The van der Waals surface area contributed by atoms with Crippen LogP contribution in [0.2, 0.25) is 6.04 Å². The molecule has 0 aromatic heterocycles. The van der Waals surface area contributed by atoms with Crippen molar-refractivity contribution in [2.75, 3.05) is 5.75 Å². The van der Waals surface area contributed by atoms with Crippen LogP contribution in [0, 0.1) is 0 Å². The Hall–Kier alpha value is 0.527. The summed E-state index contributed by atoms with van der Waals surface area (Å²) >= 11 is 4.18. The van der Waals surface area contributed by atoms with Crippen LogP contribution in [0.15, 0.2) is 0 Å². The maximum atomic E-state index is 5.84. The number of hydrogen-bond acceptors (Lipinski definition) is 2. The van der Waals surface area contributed by atoms with Gasteiger partial charge in [0.25, 0.3) is 0 Å². The number of hydrogen-bond donors (Lipinski definition) is 1. The van der Waals surface area contributed by atoms with Crippen molar-refractivity contribution in [3.05, 3.63) is 0 Å². The van der Waals surface area contributed by atoms with Gasteiger partial charge in [0, 0.05) is 6.10 Å². The van der Waals surface area contributed by atoms with Gasteiger partial charge in [-0.25, -0.2) is 0 Å². The highest BCUT2D eigenvalue weighted by Crippen LogP contribution is 2.06. The van der Waals surface area contributed by atoms with E-state index in [1.54, 1.807) is 0 Å². The lowest BCUT2D eigenvalue weighted by Crippen LogP contribution is -2.14. The molecule has 0 saturated heterocycles. The lowest BCUT2D eigenvalue weighted by molar-refractivity contribution is 0.194. The molecule has 1 unspecified atom stereocenters. The third kappa shape index (κ3) is 7.19. The largest absolute Gasteiger partial charge is 0.421 e. The highest BCUT2D eigenvalue weighted by atomic mass is 32.1. The summed E-state index contributed by atoms with van der Waals surface area (Å²) in [4.78, 5) is 0. The minimum absolute atomic E-state index is 0.227. The number of thiol groups is 1. The van der Waals surface area contributed by atoms with Gasteiger partial charge in [-0.2, -0.15) is 12.6 Å². The van der Waals surface area contributed by atoms with E-state index < -0.39 is 0 Å². The molecule has 0 radical (unpaired) electrons. The highest BCUT2D eigenvalue weighted by Gasteiger charge is 2.03. The molecule has 3 heteroatoms. The van der Waals surface area contributed by atoms with Crippen LogP contribution >= 0.6 is 12.6 Å². The molecule has 0 aromatic carbocycles. The maximum Gasteiger partial charge on any atom is 0.162 e. The fourth-order valence-electron chi connectivity index (χ4n) is 1.19. The summed E-state index contributed by atoms with van der Waals surface area (Å²) < 4.78 is 5.84. The van der Waals surface area contributed by atoms with Gasteiger partial charge in [-0.1, -0.05) is 20.3 Å². The van der Waals surface area contributed by atoms with Crippen LogP contribution in [0.25, 0.3) is 0 Å². The van der Waals surface area contributed by atoms with E-state index in [9.17, 15) is 0 Å². The van der Waals surface area contributed by atoms with Gasteiger partial charge in [0.1, 0.15) is 0 Å². The fourth-order valence-corrected chi connectivity index (χ4v) is 3.19. The zero-order chi connectivity index (χ0) is 9.23. The van der Waals surface area contributed by atoms with Crippen LogP contribution in [0.3, 0.4) is 0 Å². The molecule has 0 bridgehead atoms. The Labute approximate surface area is 84.6 Å². The van der Waals surface area contributed by atoms with Crippen LogP contribution in [-0.2, 0) is 4.43 Å². The SMILES string of the molecule is CCCC(CC)O[SiH2]CCCS. The Morgan fingerprint density at radius 2 is 2.17 bits per heavy atom. The predicted molar refractivity (Wildman–Crippen MR) is 61.9 cm³/mol. The summed E-state index contributed by atoms with van der Waals surface area (Å²) in [7, 11) is -0.227. The number of rotatable bonds is 8. The third-order valence-corrected chi connectivity index (χ3v) is 3.78. The molecule has 0 aliphatic heterocycles. The second-order valence-electron chi connectivity index (χ2n) is 3.12. The van der Waals surface area contributed by atoms with Gasteiger partial charge in [-0.05, 0) is 31.1 Å². The molecule has 12 heavy (non-hydrogen) atoms. The first-order valence-corrected chi connectivity index (χ1v) is 7.28. The topological polar surface area (TPSA) is 9.23 Å². The average molecular weight is 206 g/mol. The molecular formula is C9H22OSSi. The van der Waals surface area contributed by atoms with Crippen molar-refractivity contribution in [1.82, 2.24) is 0 Å². The quantitative estimate of drug-likeness (QED) is 0.364. The van der Waals surface area contributed by atoms with Gasteiger partial charge in [0.2, 0.25) is 0 Å². The summed E-state index contributed by atoms with van der Waals surface area (Å²) in [5.41, 5.74) is 0. The molecule has 1 atom stereocenters. The summed E-state index contributed by atoms with van der Waals surface area (Å²) in [6.07, 6.45) is 5.46. The van der Waals surface area contributed by atoms with E-state index >= 15 is 0 Å². The van der Waals surface area contributed by atoms with Crippen LogP contribution < -0.4 is 0 Å². The normalized spacial score (nSPS) is 14.2. The zero-order valence-electron chi connectivity index (χ0n) is 8.38. The Morgan fingerprint density at radius 1 is 1.42 bits per heavy atom. The Morgan fingerprint density at radius 3 is 2.67 bits per heavy atom. The molecule has 0 aliphatic carbocycles. The van der Waals surface area contributed by atoms with Crippen molar-refractivity contribution in [1.29, 1.82) is 0 Å². The molecule has 0 heterocycles. The zero-order valence-corrected chi connectivity index (χ0v) is 10.7. The van der Waals surface area contributed by atoms with Gasteiger partial charge >= 0.3 is 0 Å². The first kappa shape index (κ1) is 12.5. The lowest BCUT2D eigenvalue weighted by atomic mass is 10.2. The second-order valence-corrected chi connectivity index (χ2v) is 5.02. The Kier molecular flexibility index (Phi) is 10.0. The van der Waals surface area contributed by atoms with E-state index in [-0.39, 0.29) is 9.76 Å². The highest BCUT2D eigenvalue weighted by molar-refractivity contribution is 7.80. The fraction of sp³-hybridized carbons (Fsp3) is 1.00. The molecule has 0 rings (SSSR count). The van der Waals surface area contributed by atoms with E-state index in [0.29, 0.717) is 6.10 Å². The van der Waals surface area contributed by atoms with E-state index in [1.807, 2.05) is 0 Å². The molecule has 0 spiro atoms. The van der Waals surface area contributed by atoms with Crippen LogP contribution in [-0.4, -0.2) is 21.6 Å². The van der Waals surface area contributed by atoms with E-state index in [1.165, 1.54) is 31.7 Å². The van der Waals surface area contributed by atoms with Crippen molar-refractivity contribution >= 4 is 22.4 Å². The van der Waals surface area contributed by atoms with Gasteiger partial charge in [-0.15, -0.1) is 0 Å². The monoisotopic (exact) mass is 206 g/mol. The van der Waals surface area contributed by atoms with Gasteiger partial charge in [0.15, 0.2) is 9.76 Å². The standard InChI is InChI=1S/C9H22OSSi/c1-3-6-9(4-2)10-12-8-5-7-11/h9,11H,3-8,12H2,1-2H3. The summed E-state index contributed by atoms with van der Waals surface area (Å²) in [6, 6.07) is 1.30. The van der Waals surface area contributed by atoms with Crippen molar-refractivity contribution in [3.63, 3.8) is 0 Å². The minimum Gasteiger partial charge on any atom is -0.421 e. The molecule has 0 N–H and O–H groups in total. The van der Waals surface area contributed by atoms with Gasteiger partial charge < -0.3 is 4.43 Å². The van der Waals surface area contributed by atoms with E-state index in [2.05, 4.69) is 26.5 Å². The van der Waals surface area contributed by atoms with Crippen LogP contribution in [0.4, 0.5) is 0 Å². The van der Waals surface area contributed by atoms with Crippen LogP contribution in [0.5, 0.6) is 0 Å². The summed E-state index contributed by atoms with van der Waals surface area (Å²) in [5, 5.41) is 0. The molecule has 0 fully saturated rings. The Bertz CT molecular complexity index is 90.6. The van der Waals surface area contributed by atoms with Crippen molar-refractivity contribution in [2.45, 2.75) is 51.7 Å². The van der Waals surface area contributed by atoms with Crippen molar-refractivity contribution in [2.24, 2.45) is 0 Å². The van der Waals surface area contributed by atoms with E-state index in [4.69, 9.17) is 4.43 Å². The minimum atomic E-state index is -0.227. The maximum absolute atomic E-state index is 5.84. The molecule has 0 amide bonds. The predicted octanol–water partition coefficient (Wildman–Crippen LogP) is 2.40. The van der Waals surface area contributed by atoms with Crippen molar-refractivity contribution < 1.29 is 4.43 Å². The molecule has 0 aliphatic rings. The van der Waals surface area contributed by atoms with Crippen molar-refractivity contribution in [3.8, 4) is 0 Å². The third-order valence-electron chi connectivity index (χ3n) is 1.97. The first-order valence-electron chi connectivity index (χ1n) is 5.07. The molecule has 74 valence electrons. The smallest absolute Gasteiger partial charge is 0.162 e. The summed E-state index contributed by atoms with van der Waals surface area (Å²) in [6.45, 7) is 4.44.